The lowest BCUT2D eigenvalue weighted by atomic mass is 9.68. The topological polar surface area (TPSA) is 83.6 Å². The molecular formula is C35H42F2N2O4. The first-order chi connectivity index (χ1) is 20.3. The van der Waals surface area contributed by atoms with Crippen molar-refractivity contribution in [3.8, 4) is 11.3 Å². The maximum Gasteiger partial charge on any atom is 0.185 e. The summed E-state index contributed by atoms with van der Waals surface area (Å²) in [5, 5.41) is 14.3. The van der Waals surface area contributed by atoms with Crippen molar-refractivity contribution >= 4 is 11.6 Å². The van der Waals surface area contributed by atoms with Gasteiger partial charge in [-0.1, -0.05) is 50.2 Å². The molecule has 1 saturated carbocycles. The molecule has 0 spiro atoms. The summed E-state index contributed by atoms with van der Waals surface area (Å²) in [4.78, 5) is 29.5. The van der Waals surface area contributed by atoms with Crippen LogP contribution in [0.1, 0.15) is 94.3 Å². The molecule has 3 aromatic rings. The highest BCUT2D eigenvalue weighted by Gasteiger charge is 2.49. The van der Waals surface area contributed by atoms with Gasteiger partial charge in [-0.2, -0.15) is 0 Å². The molecule has 1 aromatic heterocycles. The number of benzene rings is 2. The minimum absolute atomic E-state index is 0.0233. The molecule has 0 bridgehead atoms. The third kappa shape index (κ3) is 7.13. The van der Waals surface area contributed by atoms with Crippen LogP contribution in [0.2, 0.25) is 0 Å². The SMILES string of the molecule is CCc1cccc(C(C)(C)CC(=O)CC2(CC(=O)c3cc(-c4ccc(F)cc4F)on3)CN(C3CCC(C)(O)CC3)C2)c1. The van der Waals surface area contributed by atoms with E-state index in [1.165, 1.54) is 17.7 Å². The number of aliphatic hydroxyl groups is 1. The van der Waals surface area contributed by atoms with Gasteiger partial charge in [0, 0.05) is 55.9 Å². The van der Waals surface area contributed by atoms with Gasteiger partial charge >= 0.3 is 0 Å². The standard InChI is InChI=1S/C35H42F2N2O4/c1-5-23-7-6-8-24(15-23)33(2,3)18-27(40)19-35(21-39(22-35)26-11-13-34(4,42)14-12-26)20-31(41)30-17-32(43-38-30)28-10-9-25(36)16-29(28)37/h6-10,15-17,26,42H,5,11-14,18-22H2,1-4H3. The van der Waals surface area contributed by atoms with Crippen LogP contribution < -0.4 is 0 Å². The predicted molar refractivity (Wildman–Crippen MR) is 161 cm³/mol. The van der Waals surface area contributed by atoms with Crippen LogP contribution in [0.3, 0.4) is 0 Å². The van der Waals surface area contributed by atoms with Crippen molar-refractivity contribution < 1.29 is 28.0 Å². The van der Waals surface area contributed by atoms with Gasteiger partial charge in [0.2, 0.25) is 0 Å². The number of ketones is 2. The lowest BCUT2D eigenvalue weighted by Crippen LogP contribution is -2.62. The van der Waals surface area contributed by atoms with E-state index in [2.05, 4.69) is 49.0 Å². The minimum Gasteiger partial charge on any atom is -0.390 e. The van der Waals surface area contributed by atoms with Crippen molar-refractivity contribution in [3.05, 3.63) is 77.0 Å². The quantitative estimate of drug-likeness (QED) is 0.240. The normalized spacial score (nSPS) is 22.3. The van der Waals surface area contributed by atoms with Crippen LogP contribution >= 0.6 is 0 Å². The van der Waals surface area contributed by atoms with E-state index in [-0.39, 0.29) is 46.8 Å². The van der Waals surface area contributed by atoms with Crippen LogP contribution in [0.5, 0.6) is 0 Å². The first-order valence-electron chi connectivity index (χ1n) is 15.3. The van der Waals surface area contributed by atoms with Crippen molar-refractivity contribution in [2.45, 2.75) is 96.1 Å². The molecule has 2 heterocycles. The van der Waals surface area contributed by atoms with Gasteiger partial charge in [-0.25, -0.2) is 8.78 Å². The number of aryl methyl sites for hydroxylation is 1. The van der Waals surface area contributed by atoms with Crippen LogP contribution in [-0.2, 0) is 16.6 Å². The minimum atomic E-state index is -0.801. The average molecular weight is 593 g/mol. The maximum atomic E-state index is 14.3. The molecule has 43 heavy (non-hydrogen) atoms. The number of carbonyl (C=O) groups is 2. The number of halogens is 2. The molecular weight excluding hydrogens is 550 g/mol. The molecule has 6 nitrogen and oxygen atoms in total. The number of Topliss-reactive ketones (excluding diaryl/α,β-unsaturated/α-hetero) is 2. The summed E-state index contributed by atoms with van der Waals surface area (Å²) < 4.78 is 33.0. The average Bonchev–Trinajstić information content (AvgIpc) is 3.41. The van der Waals surface area contributed by atoms with Crippen molar-refractivity contribution in [2.75, 3.05) is 13.1 Å². The number of nitrogens with zero attached hydrogens (tertiary/aromatic N) is 2. The van der Waals surface area contributed by atoms with Gasteiger partial charge in [0.1, 0.15) is 23.1 Å². The number of hydrogen-bond donors (Lipinski definition) is 1. The second kappa shape index (κ2) is 12.0. The highest BCUT2D eigenvalue weighted by molar-refractivity contribution is 5.96. The highest BCUT2D eigenvalue weighted by atomic mass is 19.1. The van der Waals surface area contributed by atoms with Crippen LogP contribution in [0.15, 0.2) is 53.1 Å². The summed E-state index contributed by atoms with van der Waals surface area (Å²) in [5.74, 6) is -1.62. The van der Waals surface area contributed by atoms with Gasteiger partial charge < -0.3 is 9.63 Å². The maximum absolute atomic E-state index is 14.3. The number of carbonyl (C=O) groups excluding carboxylic acids is 2. The largest absolute Gasteiger partial charge is 0.390 e. The van der Waals surface area contributed by atoms with E-state index >= 15 is 0 Å². The van der Waals surface area contributed by atoms with Gasteiger partial charge in [0.15, 0.2) is 11.5 Å². The third-order valence-corrected chi connectivity index (χ3v) is 9.48. The molecule has 2 fully saturated rings. The predicted octanol–water partition coefficient (Wildman–Crippen LogP) is 7.08. The molecule has 2 aliphatic rings. The Hall–Kier alpha value is -3.23. The van der Waals surface area contributed by atoms with Gasteiger partial charge in [0.25, 0.3) is 0 Å². The van der Waals surface area contributed by atoms with Gasteiger partial charge in [-0.3, -0.25) is 14.5 Å². The Kier molecular flexibility index (Phi) is 8.74. The van der Waals surface area contributed by atoms with E-state index in [1.54, 1.807) is 0 Å². The zero-order valence-corrected chi connectivity index (χ0v) is 25.6. The highest BCUT2D eigenvalue weighted by Crippen LogP contribution is 2.44. The summed E-state index contributed by atoms with van der Waals surface area (Å²) in [5.41, 5.74) is 0.901. The van der Waals surface area contributed by atoms with E-state index < -0.39 is 22.7 Å². The fraction of sp³-hybridized carbons (Fsp3) is 0.514. The second-order valence-electron chi connectivity index (χ2n) is 13.8. The monoisotopic (exact) mass is 592 g/mol. The molecule has 2 aromatic carbocycles. The number of likely N-dealkylation sites (tertiary alicyclic amines) is 1. The molecule has 8 heteroatoms. The molecule has 0 atom stereocenters. The van der Waals surface area contributed by atoms with Crippen molar-refractivity contribution in [2.24, 2.45) is 5.41 Å². The Labute approximate surface area is 252 Å². The first kappa shape index (κ1) is 31.2. The summed E-state index contributed by atoms with van der Waals surface area (Å²) >= 11 is 0. The van der Waals surface area contributed by atoms with Crippen LogP contribution in [0, 0.1) is 17.0 Å². The van der Waals surface area contributed by atoms with E-state index in [9.17, 15) is 23.5 Å². The second-order valence-corrected chi connectivity index (χ2v) is 13.8. The summed E-state index contributed by atoms with van der Waals surface area (Å²) in [7, 11) is 0. The van der Waals surface area contributed by atoms with E-state index in [4.69, 9.17) is 4.52 Å². The Morgan fingerprint density at radius 1 is 1.07 bits per heavy atom. The molecule has 0 unspecified atom stereocenters. The van der Waals surface area contributed by atoms with E-state index in [0.717, 1.165) is 49.8 Å². The van der Waals surface area contributed by atoms with Gasteiger partial charge in [-0.05, 0) is 67.7 Å². The van der Waals surface area contributed by atoms with E-state index in [0.29, 0.717) is 25.6 Å². The van der Waals surface area contributed by atoms with Gasteiger partial charge in [-0.15, -0.1) is 0 Å². The Morgan fingerprint density at radius 2 is 1.79 bits per heavy atom. The number of rotatable bonds is 11. The molecule has 5 rings (SSSR count). The third-order valence-electron chi connectivity index (χ3n) is 9.48. The molecule has 230 valence electrons. The zero-order chi connectivity index (χ0) is 31.0. The number of aromatic nitrogens is 1. The molecule has 1 aliphatic heterocycles. The van der Waals surface area contributed by atoms with Crippen LogP contribution in [0.4, 0.5) is 8.78 Å². The van der Waals surface area contributed by atoms with Crippen molar-refractivity contribution in [3.63, 3.8) is 0 Å². The lowest BCUT2D eigenvalue weighted by molar-refractivity contribution is -0.128. The van der Waals surface area contributed by atoms with Crippen LogP contribution in [0.25, 0.3) is 11.3 Å². The fourth-order valence-corrected chi connectivity index (χ4v) is 6.89. The molecule has 1 N–H and O–H groups in total. The molecule has 0 amide bonds. The Morgan fingerprint density at radius 3 is 2.47 bits per heavy atom. The summed E-state index contributed by atoms with van der Waals surface area (Å²) in [6.45, 7) is 9.39. The summed E-state index contributed by atoms with van der Waals surface area (Å²) in [6, 6.07) is 13.2. The molecule has 1 aliphatic carbocycles. The molecule has 1 saturated heterocycles. The zero-order valence-electron chi connectivity index (χ0n) is 25.6. The Bertz CT molecular complexity index is 1480. The lowest BCUT2D eigenvalue weighted by Gasteiger charge is -2.55. The Balaban J connectivity index is 1.31. The fourth-order valence-electron chi connectivity index (χ4n) is 6.89. The van der Waals surface area contributed by atoms with Gasteiger partial charge in [0.05, 0.1) is 11.2 Å². The summed E-state index contributed by atoms with van der Waals surface area (Å²) in [6.07, 6.45) is 4.88. The smallest absolute Gasteiger partial charge is 0.185 e. The first-order valence-corrected chi connectivity index (χ1v) is 15.3. The molecule has 0 radical (unpaired) electrons. The van der Waals surface area contributed by atoms with Crippen molar-refractivity contribution in [1.82, 2.24) is 10.1 Å². The van der Waals surface area contributed by atoms with E-state index in [1.807, 2.05) is 13.0 Å². The van der Waals surface area contributed by atoms with Crippen molar-refractivity contribution in [1.29, 1.82) is 0 Å². The van der Waals surface area contributed by atoms with Crippen LogP contribution in [-0.4, -0.2) is 51.5 Å². The number of hydrogen-bond acceptors (Lipinski definition) is 6.